The van der Waals surface area contributed by atoms with Crippen molar-refractivity contribution < 1.29 is 4.58 Å². The van der Waals surface area contributed by atoms with Crippen LogP contribution in [0.4, 0.5) is 0 Å². The van der Waals surface area contributed by atoms with Crippen LogP contribution in [-0.4, -0.2) is 17.8 Å². The Balaban J connectivity index is 2.71. The summed E-state index contributed by atoms with van der Waals surface area (Å²) in [4.78, 5) is 0. The first-order valence-corrected chi connectivity index (χ1v) is 4.01. The molecule has 1 heterocycles. The Morgan fingerprint density at radius 2 is 2.40 bits per heavy atom. The summed E-state index contributed by atoms with van der Waals surface area (Å²) in [7, 11) is 2.13. The van der Waals surface area contributed by atoms with Gasteiger partial charge in [-0.1, -0.05) is 13.8 Å². The third-order valence-corrected chi connectivity index (χ3v) is 2.02. The van der Waals surface area contributed by atoms with Gasteiger partial charge in [-0.2, -0.15) is 0 Å². The minimum atomic E-state index is 0.722. The smallest absolute Gasteiger partial charge is 0.176 e. The fraction of sp³-hybridized carbons (Fsp3) is 0.667. The van der Waals surface area contributed by atoms with Crippen LogP contribution in [-0.2, 0) is 0 Å². The molecule has 56 valence electrons. The van der Waals surface area contributed by atoms with E-state index >= 15 is 0 Å². The highest BCUT2D eigenvalue weighted by Gasteiger charge is 2.13. The van der Waals surface area contributed by atoms with Crippen molar-refractivity contribution in [3.05, 3.63) is 11.8 Å². The fourth-order valence-corrected chi connectivity index (χ4v) is 1.40. The van der Waals surface area contributed by atoms with Crippen LogP contribution >= 0.6 is 0 Å². The van der Waals surface area contributed by atoms with Gasteiger partial charge in [0.15, 0.2) is 5.70 Å². The van der Waals surface area contributed by atoms with E-state index < -0.39 is 0 Å². The first kappa shape index (κ1) is 7.52. The Morgan fingerprint density at radius 1 is 1.70 bits per heavy atom. The third kappa shape index (κ3) is 1.47. The number of allylic oxidation sites excluding steroid dienone is 2. The lowest BCUT2D eigenvalue weighted by molar-refractivity contribution is -0.446. The molecular weight excluding hydrogens is 122 g/mol. The summed E-state index contributed by atoms with van der Waals surface area (Å²) in [6, 6.07) is 0. The van der Waals surface area contributed by atoms with Crippen LogP contribution in [0.2, 0.25) is 0 Å². The number of nitrogens with zero attached hydrogens (tertiary/aromatic N) is 1. The molecule has 10 heavy (non-hydrogen) atoms. The molecular formula is C9H16N+. The van der Waals surface area contributed by atoms with Gasteiger partial charge in [0.2, 0.25) is 0 Å². The van der Waals surface area contributed by atoms with Gasteiger partial charge in [0, 0.05) is 12.3 Å². The predicted molar refractivity (Wildman–Crippen MR) is 44.4 cm³/mol. The Kier molecular flexibility index (Phi) is 2.25. The Hall–Kier alpha value is -0.590. The highest BCUT2D eigenvalue weighted by molar-refractivity contribution is 5.56. The highest BCUT2D eigenvalue weighted by Crippen LogP contribution is 2.12. The molecule has 0 aromatic rings. The minimum Gasteiger partial charge on any atom is -0.209 e. The summed E-state index contributed by atoms with van der Waals surface area (Å²) in [6.07, 6.45) is 7.00. The van der Waals surface area contributed by atoms with Gasteiger partial charge in [-0.15, -0.1) is 0 Å². The van der Waals surface area contributed by atoms with E-state index in [0.717, 1.165) is 12.3 Å². The lowest BCUT2D eigenvalue weighted by Crippen LogP contribution is -2.15. The molecule has 0 spiro atoms. The molecule has 0 aromatic carbocycles. The lowest BCUT2D eigenvalue weighted by Gasteiger charge is -2.08. The zero-order valence-electron chi connectivity index (χ0n) is 7.09. The van der Waals surface area contributed by atoms with Gasteiger partial charge >= 0.3 is 0 Å². The molecule has 0 amide bonds. The second-order valence-electron chi connectivity index (χ2n) is 3.02. The van der Waals surface area contributed by atoms with Crippen LogP contribution in [0.5, 0.6) is 0 Å². The van der Waals surface area contributed by atoms with Crippen molar-refractivity contribution in [2.75, 3.05) is 7.05 Å². The monoisotopic (exact) mass is 138 g/mol. The molecule has 0 saturated heterocycles. The van der Waals surface area contributed by atoms with E-state index in [2.05, 4.69) is 37.8 Å². The fourth-order valence-electron chi connectivity index (χ4n) is 1.40. The highest BCUT2D eigenvalue weighted by atomic mass is 15.0. The lowest BCUT2D eigenvalue weighted by atomic mass is 10.1. The maximum Gasteiger partial charge on any atom is 0.176 e. The Labute approximate surface area is 63.1 Å². The van der Waals surface area contributed by atoms with Gasteiger partial charge in [0.1, 0.15) is 13.3 Å². The van der Waals surface area contributed by atoms with E-state index in [4.69, 9.17) is 0 Å². The molecule has 0 bridgehead atoms. The largest absolute Gasteiger partial charge is 0.209 e. The predicted octanol–water partition coefficient (Wildman–Crippen LogP) is 2.03. The molecule has 1 rings (SSSR count). The first-order chi connectivity index (χ1) is 4.74. The van der Waals surface area contributed by atoms with Gasteiger partial charge in [0.25, 0.3) is 0 Å². The molecule has 1 heteroatoms. The molecule has 1 aliphatic heterocycles. The third-order valence-electron chi connectivity index (χ3n) is 2.02. The van der Waals surface area contributed by atoms with Crippen LogP contribution in [0.1, 0.15) is 26.7 Å². The minimum absolute atomic E-state index is 0.722. The molecule has 0 fully saturated rings. The first-order valence-electron chi connectivity index (χ1n) is 4.01. The van der Waals surface area contributed by atoms with E-state index in [9.17, 15) is 0 Å². The average molecular weight is 138 g/mol. The second kappa shape index (κ2) is 3.00. The molecule has 0 N–H and O–H groups in total. The molecule has 0 aliphatic carbocycles. The number of rotatable bonds is 1. The Morgan fingerprint density at radius 3 is 2.90 bits per heavy atom. The molecule has 1 unspecified atom stereocenters. The molecule has 1 nitrogen and oxygen atoms in total. The van der Waals surface area contributed by atoms with Crippen molar-refractivity contribution in [2.45, 2.75) is 26.7 Å². The van der Waals surface area contributed by atoms with Gasteiger partial charge in [-0.25, -0.2) is 4.58 Å². The average Bonchev–Trinajstić information content (AvgIpc) is 1.88. The van der Waals surface area contributed by atoms with Crippen LogP contribution in [0.3, 0.4) is 0 Å². The zero-order chi connectivity index (χ0) is 7.56. The quantitative estimate of drug-likeness (QED) is 0.488. The summed E-state index contributed by atoms with van der Waals surface area (Å²) < 4.78 is 2.24. The van der Waals surface area contributed by atoms with Crippen LogP contribution in [0.15, 0.2) is 11.8 Å². The van der Waals surface area contributed by atoms with E-state index in [0.29, 0.717) is 0 Å². The van der Waals surface area contributed by atoms with E-state index in [1.807, 2.05) is 0 Å². The number of hydrogen-bond donors (Lipinski definition) is 0. The van der Waals surface area contributed by atoms with Crippen molar-refractivity contribution in [3.8, 4) is 0 Å². The summed E-state index contributed by atoms with van der Waals surface area (Å²) in [5, 5.41) is 0. The normalized spacial score (nSPS) is 25.7. The van der Waals surface area contributed by atoms with E-state index in [-0.39, 0.29) is 0 Å². The van der Waals surface area contributed by atoms with Gasteiger partial charge < -0.3 is 0 Å². The van der Waals surface area contributed by atoms with Gasteiger partial charge in [-0.05, 0) is 12.5 Å². The van der Waals surface area contributed by atoms with Gasteiger partial charge in [-0.3, -0.25) is 0 Å². The van der Waals surface area contributed by atoms with E-state index in [1.165, 1.54) is 12.1 Å². The maximum absolute atomic E-state index is 2.34. The van der Waals surface area contributed by atoms with Crippen LogP contribution < -0.4 is 0 Å². The summed E-state index contributed by atoms with van der Waals surface area (Å²) in [5.74, 6) is 0.722. The molecule has 1 atom stereocenters. The molecule has 0 aromatic heterocycles. The summed E-state index contributed by atoms with van der Waals surface area (Å²) in [5.41, 5.74) is 1.46. The maximum atomic E-state index is 2.34. The van der Waals surface area contributed by atoms with Crippen molar-refractivity contribution in [1.82, 2.24) is 0 Å². The van der Waals surface area contributed by atoms with Crippen molar-refractivity contribution in [3.63, 3.8) is 0 Å². The second-order valence-corrected chi connectivity index (χ2v) is 3.02. The van der Waals surface area contributed by atoms with Crippen molar-refractivity contribution >= 4 is 6.21 Å². The van der Waals surface area contributed by atoms with E-state index in [1.54, 1.807) is 0 Å². The Bertz CT molecular complexity index is 177. The van der Waals surface area contributed by atoms with Gasteiger partial charge in [0.05, 0.1) is 0 Å². The van der Waals surface area contributed by atoms with Crippen LogP contribution in [0.25, 0.3) is 0 Å². The van der Waals surface area contributed by atoms with Crippen molar-refractivity contribution in [1.29, 1.82) is 0 Å². The zero-order valence-corrected chi connectivity index (χ0v) is 7.09. The molecule has 0 saturated carbocycles. The summed E-state index contributed by atoms with van der Waals surface area (Å²) in [6.45, 7) is 4.45. The van der Waals surface area contributed by atoms with Crippen LogP contribution in [0, 0.1) is 5.92 Å². The number of hydrogen-bond acceptors (Lipinski definition) is 0. The molecule has 0 radical (unpaired) electrons. The topological polar surface area (TPSA) is 3.01 Å². The molecule has 1 aliphatic rings. The van der Waals surface area contributed by atoms with Crippen molar-refractivity contribution in [2.24, 2.45) is 5.92 Å². The SMILES string of the molecule is CCC1=CCC(C)C=[N+]1C. The summed E-state index contributed by atoms with van der Waals surface area (Å²) >= 11 is 0. The standard InChI is InChI=1S/C9H16N/c1-4-9-6-5-8(2)7-10(9)3/h6-8H,4-5H2,1-3H3/q+1.